The Labute approximate surface area is 158 Å². The van der Waals surface area contributed by atoms with Crippen molar-refractivity contribution in [2.75, 3.05) is 0 Å². The van der Waals surface area contributed by atoms with Crippen LogP contribution in [0, 0.1) is 0 Å². The molecular formula is C21H23Cl2P. The highest BCUT2D eigenvalue weighted by molar-refractivity contribution is 7.79. The van der Waals surface area contributed by atoms with Crippen LogP contribution < -0.4 is 15.9 Å². The van der Waals surface area contributed by atoms with E-state index >= 15 is 0 Å². The van der Waals surface area contributed by atoms with Gasteiger partial charge in [0.15, 0.2) is 0 Å². The Balaban J connectivity index is 0.00000144. The molecule has 0 fully saturated rings. The molecule has 0 nitrogen and oxygen atoms in total. The van der Waals surface area contributed by atoms with Gasteiger partial charge < -0.3 is 0 Å². The van der Waals surface area contributed by atoms with Gasteiger partial charge >= 0.3 is 0 Å². The molecule has 0 N–H and O–H groups in total. The zero-order valence-electron chi connectivity index (χ0n) is 13.8. The summed E-state index contributed by atoms with van der Waals surface area (Å²) in [6.07, 6.45) is 2.33. The van der Waals surface area contributed by atoms with Crippen molar-refractivity contribution in [3.05, 3.63) is 90.5 Å². The van der Waals surface area contributed by atoms with Gasteiger partial charge in [-0.1, -0.05) is 98.3 Å². The van der Waals surface area contributed by atoms with Crippen LogP contribution >= 0.6 is 32.7 Å². The molecule has 3 heteroatoms. The van der Waals surface area contributed by atoms with Gasteiger partial charge in [-0.2, -0.15) is 0 Å². The third-order valence-corrected chi connectivity index (χ3v) is 6.33. The lowest BCUT2D eigenvalue weighted by molar-refractivity contribution is 0.927. The molecule has 126 valence electrons. The number of rotatable bonds is 5. The van der Waals surface area contributed by atoms with Crippen LogP contribution in [0.25, 0.3) is 0 Å². The summed E-state index contributed by atoms with van der Waals surface area (Å²) in [6, 6.07) is 30.8. The molecule has 24 heavy (non-hydrogen) atoms. The Morgan fingerprint density at radius 2 is 1.08 bits per heavy atom. The fraction of sp³-hybridized carbons (Fsp3) is 0.143. The summed E-state index contributed by atoms with van der Waals surface area (Å²) < 4.78 is 0. The van der Waals surface area contributed by atoms with E-state index in [1.165, 1.54) is 27.9 Å². The lowest BCUT2D eigenvalue weighted by atomic mass is 10.1. The molecule has 3 rings (SSSR count). The van der Waals surface area contributed by atoms with Gasteiger partial charge in [-0.3, -0.25) is 0 Å². The SMILES string of the molecule is CCCc1ccccc1P(c1ccccc1)c1ccccc1.Cl.Cl. The smallest absolute Gasteiger partial charge is 0.0119 e. The second-order valence-electron chi connectivity index (χ2n) is 5.39. The van der Waals surface area contributed by atoms with E-state index in [-0.39, 0.29) is 24.8 Å². The number of hydrogen-bond acceptors (Lipinski definition) is 0. The van der Waals surface area contributed by atoms with Gasteiger partial charge in [0, 0.05) is 0 Å². The highest BCUT2D eigenvalue weighted by atomic mass is 35.5. The topological polar surface area (TPSA) is 0 Å². The molecule has 0 aliphatic carbocycles. The molecule has 0 aromatic heterocycles. The highest BCUT2D eigenvalue weighted by Crippen LogP contribution is 2.34. The van der Waals surface area contributed by atoms with E-state index < -0.39 is 7.92 Å². The molecule has 3 aromatic rings. The molecule has 3 aromatic carbocycles. The molecule has 0 saturated heterocycles. The van der Waals surface area contributed by atoms with E-state index in [0.717, 1.165) is 6.42 Å². The summed E-state index contributed by atoms with van der Waals surface area (Å²) >= 11 is 0. The zero-order valence-corrected chi connectivity index (χ0v) is 16.3. The minimum atomic E-state index is -0.478. The molecule has 0 bridgehead atoms. The summed E-state index contributed by atoms with van der Waals surface area (Å²) in [4.78, 5) is 0. The first-order valence-corrected chi connectivity index (χ1v) is 9.22. The quantitative estimate of drug-likeness (QED) is 0.534. The van der Waals surface area contributed by atoms with Crippen molar-refractivity contribution in [2.45, 2.75) is 19.8 Å². The molecule has 0 radical (unpaired) electrons. The molecule has 0 aliphatic heterocycles. The van der Waals surface area contributed by atoms with Crippen LogP contribution in [-0.4, -0.2) is 0 Å². The summed E-state index contributed by atoms with van der Waals surface area (Å²) in [5.41, 5.74) is 1.49. The molecule has 0 heterocycles. The Morgan fingerprint density at radius 3 is 1.58 bits per heavy atom. The lowest BCUT2D eigenvalue weighted by Crippen LogP contribution is -2.23. The molecular weight excluding hydrogens is 354 g/mol. The maximum atomic E-state index is 2.32. The van der Waals surface area contributed by atoms with Gasteiger partial charge in [0.1, 0.15) is 0 Å². The van der Waals surface area contributed by atoms with Crippen LogP contribution in [0.3, 0.4) is 0 Å². The fourth-order valence-corrected chi connectivity index (χ4v) is 5.29. The van der Waals surface area contributed by atoms with Crippen molar-refractivity contribution in [1.82, 2.24) is 0 Å². The van der Waals surface area contributed by atoms with Gasteiger partial charge in [-0.25, -0.2) is 0 Å². The minimum Gasteiger partial charge on any atom is -0.147 e. The summed E-state index contributed by atoms with van der Waals surface area (Å²) in [7, 11) is -0.478. The van der Waals surface area contributed by atoms with Crippen molar-refractivity contribution >= 4 is 48.6 Å². The maximum absolute atomic E-state index is 2.32. The first-order valence-electron chi connectivity index (χ1n) is 7.88. The summed E-state index contributed by atoms with van der Waals surface area (Å²) in [5, 5.41) is 4.34. The monoisotopic (exact) mass is 376 g/mol. The number of aryl methyl sites for hydroxylation is 1. The van der Waals surface area contributed by atoms with E-state index in [9.17, 15) is 0 Å². The largest absolute Gasteiger partial charge is 0.147 e. The number of hydrogen-bond donors (Lipinski definition) is 0. The van der Waals surface area contributed by atoms with E-state index in [1.54, 1.807) is 0 Å². The zero-order chi connectivity index (χ0) is 15.2. The second-order valence-corrected chi connectivity index (χ2v) is 7.57. The predicted molar refractivity (Wildman–Crippen MR) is 114 cm³/mol. The molecule has 0 spiro atoms. The normalized spacial score (nSPS) is 9.92. The third-order valence-electron chi connectivity index (χ3n) is 3.78. The van der Waals surface area contributed by atoms with Crippen molar-refractivity contribution in [1.29, 1.82) is 0 Å². The van der Waals surface area contributed by atoms with Crippen LogP contribution in [0.5, 0.6) is 0 Å². The van der Waals surface area contributed by atoms with Gasteiger partial charge in [-0.05, 0) is 35.8 Å². The Morgan fingerprint density at radius 1 is 0.625 bits per heavy atom. The number of halogens is 2. The third kappa shape index (κ3) is 4.84. The van der Waals surface area contributed by atoms with Crippen LogP contribution in [-0.2, 0) is 6.42 Å². The maximum Gasteiger partial charge on any atom is -0.0119 e. The molecule has 0 amide bonds. The second kappa shape index (κ2) is 10.5. The van der Waals surface area contributed by atoms with Crippen LogP contribution in [0.2, 0.25) is 0 Å². The Hall–Kier alpha value is -1.33. The van der Waals surface area contributed by atoms with Gasteiger partial charge in [-0.15, -0.1) is 24.8 Å². The van der Waals surface area contributed by atoms with Crippen LogP contribution in [0.1, 0.15) is 18.9 Å². The van der Waals surface area contributed by atoms with E-state index in [4.69, 9.17) is 0 Å². The van der Waals surface area contributed by atoms with Crippen LogP contribution in [0.4, 0.5) is 0 Å². The van der Waals surface area contributed by atoms with E-state index in [1.807, 2.05) is 0 Å². The Bertz CT molecular complexity index is 675. The van der Waals surface area contributed by atoms with Crippen molar-refractivity contribution < 1.29 is 0 Å². The first kappa shape index (κ1) is 20.7. The molecule has 0 unspecified atom stereocenters. The highest BCUT2D eigenvalue weighted by Gasteiger charge is 2.18. The predicted octanol–water partition coefficient (Wildman–Crippen LogP) is 5.24. The fourth-order valence-electron chi connectivity index (χ4n) is 2.79. The van der Waals surface area contributed by atoms with Crippen molar-refractivity contribution in [3.63, 3.8) is 0 Å². The van der Waals surface area contributed by atoms with Crippen molar-refractivity contribution in [2.24, 2.45) is 0 Å². The molecule has 0 atom stereocenters. The molecule has 0 aliphatic rings. The first-order chi connectivity index (χ1) is 10.9. The number of benzene rings is 3. The Kier molecular flexibility index (Phi) is 9.08. The molecule has 0 saturated carbocycles. The lowest BCUT2D eigenvalue weighted by Gasteiger charge is -2.22. The summed E-state index contributed by atoms with van der Waals surface area (Å²) in [5.74, 6) is 0. The average Bonchev–Trinajstić information content (AvgIpc) is 2.59. The minimum absolute atomic E-state index is 0. The van der Waals surface area contributed by atoms with Gasteiger partial charge in [0.05, 0.1) is 0 Å². The average molecular weight is 377 g/mol. The standard InChI is InChI=1S/C21H21P.2ClH/c1-2-11-18-12-9-10-17-21(18)22(19-13-5-3-6-14-19)20-15-7-4-8-16-20;;/h3-10,12-17H,2,11H2,1H3;2*1H. The van der Waals surface area contributed by atoms with Crippen molar-refractivity contribution in [3.8, 4) is 0 Å². The van der Waals surface area contributed by atoms with E-state index in [0.29, 0.717) is 0 Å². The summed E-state index contributed by atoms with van der Waals surface area (Å²) in [6.45, 7) is 2.25. The van der Waals surface area contributed by atoms with Crippen LogP contribution in [0.15, 0.2) is 84.9 Å². The van der Waals surface area contributed by atoms with Gasteiger partial charge in [0.2, 0.25) is 0 Å². The van der Waals surface area contributed by atoms with E-state index in [2.05, 4.69) is 91.9 Å². The van der Waals surface area contributed by atoms with Gasteiger partial charge in [0.25, 0.3) is 0 Å².